The maximum atomic E-state index is 5.61. The molecule has 0 aliphatic heterocycles. The van der Waals surface area contributed by atoms with Gasteiger partial charge in [-0.2, -0.15) is 0 Å². The summed E-state index contributed by atoms with van der Waals surface area (Å²) < 4.78 is 6.54. The number of rotatable bonds is 2. The molecule has 14 heavy (non-hydrogen) atoms. The van der Waals surface area contributed by atoms with Gasteiger partial charge < -0.3 is 10.2 Å². The molecule has 0 amide bonds. The van der Waals surface area contributed by atoms with E-state index in [2.05, 4.69) is 20.9 Å². The number of fused-ring (bicyclic) bond motifs is 1. The van der Waals surface area contributed by atoms with Crippen molar-refractivity contribution in [1.29, 1.82) is 0 Å². The summed E-state index contributed by atoms with van der Waals surface area (Å²) in [6.07, 6.45) is 0. The number of halogens is 1. The molecule has 2 aromatic rings. The van der Waals surface area contributed by atoms with Gasteiger partial charge in [-0.05, 0) is 28.1 Å². The first kappa shape index (κ1) is 9.68. The van der Waals surface area contributed by atoms with E-state index in [1.807, 2.05) is 25.1 Å². The maximum Gasteiger partial charge on any atom is 0.199 e. The van der Waals surface area contributed by atoms with Gasteiger partial charge in [-0.1, -0.05) is 13.0 Å². The fourth-order valence-electron chi connectivity index (χ4n) is 1.24. The van der Waals surface area contributed by atoms with Gasteiger partial charge in [-0.25, -0.2) is 4.98 Å². The third kappa shape index (κ3) is 1.55. The number of aromatic nitrogens is 1. The molecule has 0 saturated heterocycles. The van der Waals surface area contributed by atoms with Crippen LogP contribution in [0.15, 0.2) is 27.1 Å². The molecule has 1 aromatic carbocycles. The number of oxazole rings is 1. The van der Waals surface area contributed by atoms with E-state index in [9.17, 15) is 0 Å². The molecule has 2 rings (SSSR count). The zero-order chi connectivity index (χ0) is 10.1. The zero-order valence-electron chi connectivity index (χ0n) is 7.83. The van der Waals surface area contributed by atoms with Crippen LogP contribution in [0.2, 0.25) is 0 Å². The van der Waals surface area contributed by atoms with Gasteiger partial charge in [-0.15, -0.1) is 0 Å². The summed E-state index contributed by atoms with van der Waals surface area (Å²) in [6.45, 7) is 2.54. The van der Waals surface area contributed by atoms with Gasteiger partial charge >= 0.3 is 0 Å². The van der Waals surface area contributed by atoms with Crippen LogP contribution in [0.4, 0.5) is 0 Å². The largest absolute Gasteiger partial charge is 0.439 e. The molecular formula is C10H11BrN2O. The van der Waals surface area contributed by atoms with Crippen molar-refractivity contribution in [3.8, 4) is 0 Å². The topological polar surface area (TPSA) is 52.0 Å². The van der Waals surface area contributed by atoms with Crippen molar-refractivity contribution in [2.45, 2.75) is 12.8 Å². The van der Waals surface area contributed by atoms with Gasteiger partial charge in [0.1, 0.15) is 5.52 Å². The number of nitrogens with two attached hydrogens (primary N) is 1. The fourth-order valence-corrected chi connectivity index (χ4v) is 1.68. The minimum Gasteiger partial charge on any atom is -0.439 e. The molecule has 1 aromatic heterocycles. The molecule has 1 unspecified atom stereocenters. The number of nitrogens with zero attached hydrogens (tertiary/aromatic N) is 1. The monoisotopic (exact) mass is 254 g/mol. The molecular weight excluding hydrogens is 244 g/mol. The number of hydrogen-bond acceptors (Lipinski definition) is 3. The highest BCUT2D eigenvalue weighted by Crippen LogP contribution is 2.26. The van der Waals surface area contributed by atoms with Crippen LogP contribution in [0.1, 0.15) is 18.7 Å². The Hall–Kier alpha value is -0.870. The minimum atomic E-state index is 0.161. The Morgan fingerprint density at radius 2 is 2.36 bits per heavy atom. The van der Waals surface area contributed by atoms with Crippen LogP contribution in [-0.2, 0) is 0 Å². The molecule has 2 N–H and O–H groups in total. The second kappa shape index (κ2) is 3.71. The van der Waals surface area contributed by atoms with Crippen molar-refractivity contribution in [3.63, 3.8) is 0 Å². The third-order valence-corrected chi connectivity index (χ3v) is 2.78. The first-order valence-electron chi connectivity index (χ1n) is 4.47. The lowest BCUT2D eigenvalue weighted by Gasteiger charge is -2.00. The first-order valence-corrected chi connectivity index (χ1v) is 5.26. The Kier molecular flexibility index (Phi) is 2.56. The molecule has 0 fully saturated rings. The van der Waals surface area contributed by atoms with Crippen LogP contribution in [0.5, 0.6) is 0 Å². The van der Waals surface area contributed by atoms with Crippen molar-refractivity contribution < 1.29 is 4.42 Å². The van der Waals surface area contributed by atoms with Gasteiger partial charge in [0.25, 0.3) is 0 Å². The molecule has 0 aliphatic carbocycles. The summed E-state index contributed by atoms with van der Waals surface area (Å²) in [5, 5.41) is 0. The normalized spacial score (nSPS) is 13.4. The highest BCUT2D eigenvalue weighted by atomic mass is 79.9. The number of benzene rings is 1. The molecule has 1 heterocycles. The number of para-hydroxylation sites is 1. The molecule has 4 heteroatoms. The lowest BCUT2D eigenvalue weighted by molar-refractivity contribution is 0.488. The van der Waals surface area contributed by atoms with Crippen LogP contribution < -0.4 is 5.73 Å². The SMILES string of the molecule is CC(CN)c1nc2cccc(Br)c2o1. The lowest BCUT2D eigenvalue weighted by atomic mass is 10.2. The van der Waals surface area contributed by atoms with E-state index < -0.39 is 0 Å². The maximum absolute atomic E-state index is 5.61. The van der Waals surface area contributed by atoms with E-state index in [-0.39, 0.29) is 5.92 Å². The van der Waals surface area contributed by atoms with Gasteiger partial charge in [0.05, 0.1) is 4.47 Å². The second-order valence-electron chi connectivity index (χ2n) is 3.28. The van der Waals surface area contributed by atoms with Gasteiger partial charge in [0.2, 0.25) is 0 Å². The predicted molar refractivity (Wildman–Crippen MR) is 59.2 cm³/mol. The van der Waals surface area contributed by atoms with Crippen molar-refractivity contribution in [2.75, 3.05) is 6.54 Å². The quantitative estimate of drug-likeness (QED) is 0.897. The molecule has 0 bridgehead atoms. The highest BCUT2D eigenvalue weighted by Gasteiger charge is 2.12. The average molecular weight is 255 g/mol. The Labute approximate surface area is 90.4 Å². The van der Waals surface area contributed by atoms with E-state index in [1.54, 1.807) is 0 Å². The van der Waals surface area contributed by atoms with Gasteiger partial charge in [-0.3, -0.25) is 0 Å². The summed E-state index contributed by atoms with van der Waals surface area (Å²) >= 11 is 3.42. The second-order valence-corrected chi connectivity index (χ2v) is 4.13. The van der Waals surface area contributed by atoms with Crippen molar-refractivity contribution in [2.24, 2.45) is 5.73 Å². The Balaban J connectivity index is 2.56. The third-order valence-electron chi connectivity index (χ3n) is 2.16. The van der Waals surface area contributed by atoms with Crippen molar-refractivity contribution >= 4 is 27.0 Å². The van der Waals surface area contributed by atoms with Gasteiger partial charge in [0.15, 0.2) is 11.5 Å². The van der Waals surface area contributed by atoms with Crippen LogP contribution >= 0.6 is 15.9 Å². The van der Waals surface area contributed by atoms with Crippen molar-refractivity contribution in [3.05, 3.63) is 28.6 Å². The zero-order valence-corrected chi connectivity index (χ0v) is 9.41. The van der Waals surface area contributed by atoms with Crippen LogP contribution in [0.25, 0.3) is 11.1 Å². The first-order chi connectivity index (χ1) is 6.72. The van der Waals surface area contributed by atoms with E-state index in [0.29, 0.717) is 12.4 Å². The molecule has 0 aliphatic rings. The van der Waals surface area contributed by atoms with Crippen LogP contribution in [0, 0.1) is 0 Å². The summed E-state index contributed by atoms with van der Waals surface area (Å²) in [7, 11) is 0. The fraction of sp³-hybridized carbons (Fsp3) is 0.300. The molecule has 0 radical (unpaired) electrons. The molecule has 1 atom stereocenters. The number of hydrogen-bond donors (Lipinski definition) is 1. The molecule has 0 saturated carbocycles. The molecule has 0 spiro atoms. The summed E-state index contributed by atoms with van der Waals surface area (Å²) in [6, 6.07) is 5.80. The Morgan fingerprint density at radius 3 is 3.00 bits per heavy atom. The van der Waals surface area contributed by atoms with E-state index in [1.165, 1.54) is 0 Å². The van der Waals surface area contributed by atoms with Crippen LogP contribution in [0.3, 0.4) is 0 Å². The van der Waals surface area contributed by atoms with Gasteiger partial charge in [0, 0.05) is 12.5 Å². The standard InChI is InChI=1S/C10H11BrN2O/c1-6(5-12)10-13-8-4-2-3-7(11)9(8)14-10/h2-4,6H,5,12H2,1H3. The van der Waals surface area contributed by atoms with Crippen LogP contribution in [-0.4, -0.2) is 11.5 Å². The Bertz CT molecular complexity index is 452. The smallest absolute Gasteiger partial charge is 0.199 e. The van der Waals surface area contributed by atoms with E-state index in [0.717, 1.165) is 15.6 Å². The summed E-state index contributed by atoms with van der Waals surface area (Å²) in [5.41, 5.74) is 7.22. The van der Waals surface area contributed by atoms with E-state index >= 15 is 0 Å². The average Bonchev–Trinajstić information content (AvgIpc) is 2.62. The lowest BCUT2D eigenvalue weighted by Crippen LogP contribution is -2.08. The predicted octanol–water partition coefficient (Wildman–Crippen LogP) is 2.65. The molecule has 74 valence electrons. The van der Waals surface area contributed by atoms with Crippen molar-refractivity contribution in [1.82, 2.24) is 4.98 Å². The van der Waals surface area contributed by atoms with E-state index in [4.69, 9.17) is 10.2 Å². The highest BCUT2D eigenvalue weighted by molar-refractivity contribution is 9.10. The minimum absolute atomic E-state index is 0.161. The summed E-state index contributed by atoms with van der Waals surface area (Å²) in [5.74, 6) is 0.865. The Morgan fingerprint density at radius 1 is 1.57 bits per heavy atom. The summed E-state index contributed by atoms with van der Waals surface area (Å²) in [4.78, 5) is 4.37. The molecule has 3 nitrogen and oxygen atoms in total.